The Kier molecular flexibility index (Phi) is 4.55. The second kappa shape index (κ2) is 6.16. The Labute approximate surface area is 113 Å². The lowest BCUT2D eigenvalue weighted by molar-refractivity contribution is -0.126. The number of rotatable bonds is 5. The molecule has 2 heterocycles. The van der Waals surface area contributed by atoms with Crippen molar-refractivity contribution >= 4 is 11.6 Å². The zero-order valence-electron chi connectivity index (χ0n) is 11.6. The Hall–Kier alpha value is -1.40. The summed E-state index contributed by atoms with van der Waals surface area (Å²) in [4.78, 5) is 12.3. The van der Waals surface area contributed by atoms with Crippen molar-refractivity contribution in [2.45, 2.75) is 26.3 Å². The Balaban J connectivity index is 1.92. The highest BCUT2D eigenvalue weighted by molar-refractivity contribution is 5.94. The van der Waals surface area contributed by atoms with E-state index in [9.17, 15) is 4.79 Å². The first-order chi connectivity index (χ1) is 9.14. The van der Waals surface area contributed by atoms with Crippen LogP contribution in [0.25, 0.3) is 0 Å². The molecule has 0 saturated carbocycles. The van der Waals surface area contributed by atoms with E-state index in [2.05, 4.69) is 15.7 Å². The highest BCUT2D eigenvalue weighted by Gasteiger charge is 2.34. The molecule has 6 nitrogen and oxygen atoms in total. The summed E-state index contributed by atoms with van der Waals surface area (Å²) in [5, 5.41) is 10.4. The molecule has 106 valence electrons. The van der Waals surface area contributed by atoms with Crippen molar-refractivity contribution in [3.05, 3.63) is 12.4 Å². The maximum absolute atomic E-state index is 12.3. The molecule has 2 rings (SSSR count). The van der Waals surface area contributed by atoms with Gasteiger partial charge in [-0.15, -0.1) is 0 Å². The monoisotopic (exact) mass is 266 g/mol. The van der Waals surface area contributed by atoms with Crippen molar-refractivity contribution in [3.63, 3.8) is 0 Å². The SMILES string of the molecule is COCCn1cc(NC(=O)C2(C)CCNCC2)cn1. The van der Waals surface area contributed by atoms with Crippen LogP contribution in [0, 0.1) is 5.41 Å². The number of nitrogens with zero attached hydrogens (tertiary/aromatic N) is 2. The van der Waals surface area contributed by atoms with Gasteiger partial charge in [-0.2, -0.15) is 5.10 Å². The second-order valence-electron chi connectivity index (χ2n) is 5.25. The van der Waals surface area contributed by atoms with Crippen LogP contribution in [0.1, 0.15) is 19.8 Å². The molecule has 0 aromatic carbocycles. The zero-order valence-corrected chi connectivity index (χ0v) is 11.6. The topological polar surface area (TPSA) is 68.2 Å². The number of aromatic nitrogens is 2. The fourth-order valence-electron chi connectivity index (χ4n) is 2.22. The van der Waals surface area contributed by atoms with Gasteiger partial charge < -0.3 is 15.4 Å². The van der Waals surface area contributed by atoms with Gasteiger partial charge in [-0.1, -0.05) is 6.92 Å². The van der Waals surface area contributed by atoms with Gasteiger partial charge in [0.05, 0.1) is 25.0 Å². The fourth-order valence-corrected chi connectivity index (χ4v) is 2.22. The van der Waals surface area contributed by atoms with Crippen LogP contribution < -0.4 is 10.6 Å². The smallest absolute Gasteiger partial charge is 0.230 e. The van der Waals surface area contributed by atoms with Crippen molar-refractivity contribution in [1.29, 1.82) is 0 Å². The molecule has 0 radical (unpaired) electrons. The Bertz CT molecular complexity index is 424. The Morgan fingerprint density at radius 2 is 2.32 bits per heavy atom. The van der Waals surface area contributed by atoms with Crippen LogP contribution >= 0.6 is 0 Å². The van der Waals surface area contributed by atoms with E-state index in [1.807, 2.05) is 13.1 Å². The Morgan fingerprint density at radius 3 is 3.00 bits per heavy atom. The third kappa shape index (κ3) is 3.54. The summed E-state index contributed by atoms with van der Waals surface area (Å²) in [7, 11) is 1.66. The van der Waals surface area contributed by atoms with Gasteiger partial charge in [0.15, 0.2) is 0 Å². The molecule has 1 saturated heterocycles. The summed E-state index contributed by atoms with van der Waals surface area (Å²) in [5.41, 5.74) is 0.473. The largest absolute Gasteiger partial charge is 0.383 e. The van der Waals surface area contributed by atoms with E-state index in [4.69, 9.17) is 4.74 Å². The molecule has 1 aromatic rings. The number of anilines is 1. The van der Waals surface area contributed by atoms with Crippen LogP contribution in [-0.4, -0.2) is 42.5 Å². The van der Waals surface area contributed by atoms with Crippen LogP contribution in [0.4, 0.5) is 5.69 Å². The fraction of sp³-hybridized carbons (Fsp3) is 0.692. The number of carbonyl (C=O) groups is 1. The summed E-state index contributed by atoms with van der Waals surface area (Å²) in [6.45, 7) is 5.12. The van der Waals surface area contributed by atoms with Gasteiger partial charge in [-0.25, -0.2) is 0 Å². The molecule has 2 N–H and O–H groups in total. The predicted octanol–water partition coefficient (Wildman–Crippen LogP) is 0.858. The van der Waals surface area contributed by atoms with E-state index in [0.29, 0.717) is 13.2 Å². The minimum Gasteiger partial charge on any atom is -0.383 e. The van der Waals surface area contributed by atoms with Crippen molar-refractivity contribution in [2.24, 2.45) is 5.41 Å². The number of amides is 1. The summed E-state index contributed by atoms with van der Waals surface area (Å²) in [6, 6.07) is 0. The lowest BCUT2D eigenvalue weighted by Gasteiger charge is -2.32. The quantitative estimate of drug-likeness (QED) is 0.829. The molecule has 0 aliphatic carbocycles. The summed E-state index contributed by atoms with van der Waals surface area (Å²) in [6.07, 6.45) is 5.26. The van der Waals surface area contributed by atoms with E-state index < -0.39 is 0 Å². The molecule has 1 aliphatic rings. The van der Waals surface area contributed by atoms with Crippen LogP contribution in [0.15, 0.2) is 12.4 Å². The summed E-state index contributed by atoms with van der Waals surface area (Å²) >= 11 is 0. The number of ether oxygens (including phenoxy) is 1. The van der Waals surface area contributed by atoms with Crippen LogP contribution in [0.2, 0.25) is 0 Å². The first-order valence-corrected chi connectivity index (χ1v) is 6.68. The molecule has 0 bridgehead atoms. The van der Waals surface area contributed by atoms with Gasteiger partial charge in [-0.3, -0.25) is 9.48 Å². The lowest BCUT2D eigenvalue weighted by Crippen LogP contribution is -2.42. The van der Waals surface area contributed by atoms with Crippen molar-refractivity contribution < 1.29 is 9.53 Å². The number of methoxy groups -OCH3 is 1. The highest BCUT2D eigenvalue weighted by Crippen LogP contribution is 2.29. The second-order valence-corrected chi connectivity index (χ2v) is 5.25. The molecule has 6 heteroatoms. The average molecular weight is 266 g/mol. The molecule has 19 heavy (non-hydrogen) atoms. The molecule has 0 spiro atoms. The van der Waals surface area contributed by atoms with E-state index in [0.717, 1.165) is 31.6 Å². The number of piperidine rings is 1. The molecule has 1 aliphatic heterocycles. The van der Waals surface area contributed by atoms with Crippen LogP contribution in [0.3, 0.4) is 0 Å². The van der Waals surface area contributed by atoms with Crippen molar-refractivity contribution in [1.82, 2.24) is 15.1 Å². The van der Waals surface area contributed by atoms with Gasteiger partial charge >= 0.3 is 0 Å². The van der Waals surface area contributed by atoms with E-state index in [-0.39, 0.29) is 11.3 Å². The standard InChI is InChI=1S/C13H22N4O2/c1-13(3-5-14-6-4-13)12(18)16-11-9-15-17(10-11)7-8-19-2/h9-10,14H,3-8H2,1-2H3,(H,16,18). The minimum atomic E-state index is -0.278. The maximum Gasteiger partial charge on any atom is 0.230 e. The first kappa shape index (κ1) is 14.0. The van der Waals surface area contributed by atoms with E-state index in [1.54, 1.807) is 18.0 Å². The number of nitrogens with one attached hydrogen (secondary N) is 2. The molecule has 1 fully saturated rings. The Morgan fingerprint density at radius 1 is 1.58 bits per heavy atom. The van der Waals surface area contributed by atoms with Gasteiger partial charge in [-0.05, 0) is 25.9 Å². The maximum atomic E-state index is 12.3. The summed E-state index contributed by atoms with van der Waals surface area (Å²) in [5.74, 6) is 0.0836. The van der Waals surface area contributed by atoms with E-state index >= 15 is 0 Å². The molecular formula is C13H22N4O2. The third-order valence-electron chi connectivity index (χ3n) is 3.67. The van der Waals surface area contributed by atoms with Crippen molar-refractivity contribution in [2.75, 3.05) is 32.1 Å². The number of carbonyl (C=O) groups excluding carboxylic acids is 1. The third-order valence-corrected chi connectivity index (χ3v) is 3.67. The summed E-state index contributed by atoms with van der Waals surface area (Å²) < 4.78 is 6.76. The van der Waals surface area contributed by atoms with Crippen LogP contribution in [-0.2, 0) is 16.1 Å². The first-order valence-electron chi connectivity index (χ1n) is 6.68. The number of hydrogen-bond acceptors (Lipinski definition) is 4. The molecular weight excluding hydrogens is 244 g/mol. The molecule has 0 unspecified atom stereocenters. The van der Waals surface area contributed by atoms with Gasteiger partial charge in [0.25, 0.3) is 0 Å². The van der Waals surface area contributed by atoms with Gasteiger partial charge in [0.1, 0.15) is 0 Å². The predicted molar refractivity (Wildman–Crippen MR) is 72.9 cm³/mol. The lowest BCUT2D eigenvalue weighted by atomic mass is 9.80. The molecule has 1 aromatic heterocycles. The minimum absolute atomic E-state index is 0.0836. The highest BCUT2D eigenvalue weighted by atomic mass is 16.5. The van der Waals surface area contributed by atoms with Gasteiger partial charge in [0.2, 0.25) is 5.91 Å². The zero-order chi connectivity index (χ0) is 13.7. The average Bonchev–Trinajstić information content (AvgIpc) is 2.85. The molecule has 1 amide bonds. The number of hydrogen-bond donors (Lipinski definition) is 2. The van der Waals surface area contributed by atoms with Crippen LogP contribution in [0.5, 0.6) is 0 Å². The van der Waals surface area contributed by atoms with E-state index in [1.165, 1.54) is 0 Å². The van der Waals surface area contributed by atoms with Gasteiger partial charge in [0, 0.05) is 18.7 Å². The van der Waals surface area contributed by atoms with Crippen molar-refractivity contribution in [3.8, 4) is 0 Å². The normalized spacial score (nSPS) is 18.2. The molecule has 0 atom stereocenters.